The summed E-state index contributed by atoms with van der Waals surface area (Å²) in [6, 6.07) is 27.0. The van der Waals surface area contributed by atoms with Crippen molar-refractivity contribution in [3.8, 4) is 0 Å². The molecule has 8 heteroatoms. The number of rotatable bonds is 12. The molecule has 316 valence electrons. The first-order chi connectivity index (χ1) is 27.4. The smallest absolute Gasteiger partial charge is 1.00 e. The van der Waals surface area contributed by atoms with Crippen LogP contribution in [0.3, 0.4) is 0 Å². The fourth-order valence-electron chi connectivity index (χ4n) is 8.48. The Balaban J connectivity index is 0.000000310. The Hall–Kier alpha value is -3.15. The quantitative estimate of drug-likeness (QED) is 0.131. The van der Waals surface area contributed by atoms with E-state index in [1.807, 2.05) is 0 Å². The molecule has 6 rings (SSSR count). The van der Waals surface area contributed by atoms with Gasteiger partial charge in [0.1, 0.15) is 0 Å². The van der Waals surface area contributed by atoms with Crippen LogP contribution in [0.5, 0.6) is 0 Å². The van der Waals surface area contributed by atoms with E-state index in [-0.39, 0.29) is 38.3 Å². The number of hydrogen-bond acceptors (Lipinski definition) is 4. The first-order valence-corrected chi connectivity index (χ1v) is 22.1. The first kappa shape index (κ1) is 51.2. The maximum atomic E-state index is 2.33. The van der Waals surface area contributed by atoms with E-state index in [0.717, 1.165) is 0 Å². The molecule has 0 spiro atoms. The number of nitrogens with zero attached hydrogens (tertiary/aromatic N) is 4. The topological polar surface area (TPSA) is 13.0 Å². The van der Waals surface area contributed by atoms with Gasteiger partial charge in [-0.25, -0.2) is 0 Å². The summed E-state index contributed by atoms with van der Waals surface area (Å²) in [6.07, 6.45) is 8.87. The molecule has 0 aliphatic carbocycles. The van der Waals surface area contributed by atoms with Gasteiger partial charge < -0.3 is 31.7 Å². The molecule has 0 saturated carbocycles. The van der Waals surface area contributed by atoms with E-state index < -0.39 is 0 Å². The zero-order valence-corrected chi connectivity index (χ0v) is 43.8. The van der Waals surface area contributed by atoms with Gasteiger partial charge in [0.2, 0.25) is 0 Å². The van der Waals surface area contributed by atoms with Gasteiger partial charge in [0.05, 0.1) is 0 Å². The second-order valence-electron chi connectivity index (χ2n) is 18.8. The first-order valence-electron chi connectivity index (χ1n) is 22.1. The van der Waals surface area contributed by atoms with Gasteiger partial charge in [-0.2, -0.15) is 0 Å². The normalized spacial score (nSPS) is 13.9. The van der Waals surface area contributed by atoms with E-state index in [9.17, 15) is 0 Å². The van der Waals surface area contributed by atoms with Gasteiger partial charge in [0.15, 0.2) is 0 Å². The maximum Gasteiger partial charge on any atom is 3.00 e. The van der Waals surface area contributed by atoms with Crippen LogP contribution in [0.4, 0.5) is 22.7 Å². The van der Waals surface area contributed by atoms with Crippen molar-refractivity contribution < 1.29 is 12.4 Å². The van der Waals surface area contributed by atoms with Crippen molar-refractivity contribution in [2.45, 2.75) is 158 Å². The molecule has 4 aromatic carbocycles. The second kappa shape index (κ2) is 22.3. The summed E-state index contributed by atoms with van der Waals surface area (Å²) in [5, 5.41) is 0. The number of halogens is 1. The van der Waals surface area contributed by atoms with Gasteiger partial charge in [-0.05, 0) is 117 Å². The number of anilines is 4. The van der Waals surface area contributed by atoms with Crippen LogP contribution < -0.4 is 31.7 Å². The van der Waals surface area contributed by atoms with Crippen molar-refractivity contribution in [3.63, 3.8) is 0 Å². The van der Waals surface area contributed by atoms with Crippen molar-refractivity contribution in [1.29, 1.82) is 0 Å². The average Bonchev–Trinajstić information content (AvgIpc) is 3.87. The summed E-state index contributed by atoms with van der Waals surface area (Å²) in [7, 11) is 4.53. The van der Waals surface area contributed by atoms with Crippen molar-refractivity contribution in [3.05, 3.63) is 142 Å². The van der Waals surface area contributed by atoms with Crippen LogP contribution in [-0.2, 0) is 0 Å². The molecule has 0 unspecified atom stereocenters. The predicted molar refractivity (Wildman–Crippen MR) is 264 cm³/mol. The Kier molecular flexibility index (Phi) is 19.0. The molecular weight excluding hydrogens is 852 g/mol. The van der Waals surface area contributed by atoms with E-state index in [1.54, 1.807) is 0 Å². The summed E-state index contributed by atoms with van der Waals surface area (Å²) in [5.74, 6) is 3.84. The molecule has 4 nitrogen and oxygen atoms in total. The molecule has 0 atom stereocenters. The van der Waals surface area contributed by atoms with E-state index in [0.29, 0.717) is 47.3 Å². The minimum atomic E-state index is 0. The molecular formula is C52H72B2ClInN4. The number of para-hydroxylation sites is 4. The maximum absolute atomic E-state index is 2.33. The predicted octanol–water partition coefficient (Wildman–Crippen LogP) is 11.6. The van der Waals surface area contributed by atoms with Crippen molar-refractivity contribution in [2.75, 3.05) is 19.2 Å². The SMILES string of the molecule is CC(C)c1cccc(C(C)C)c1N1[B-]N(c2c(C(C)C)cccc2C(C)C)C=C1.CC(C)c1cccc(C(C)C)c1N1[B-]N(c2c(C(C)C)cccc2C(C)C)C=C1.[Cl-].[In+3]. The Morgan fingerprint density at radius 1 is 0.283 bits per heavy atom. The minimum absolute atomic E-state index is 0. The molecule has 4 aromatic rings. The fourth-order valence-corrected chi connectivity index (χ4v) is 8.48. The zero-order valence-electron chi connectivity index (χ0n) is 39.8. The Labute approximate surface area is 393 Å². The molecule has 60 heavy (non-hydrogen) atoms. The second-order valence-corrected chi connectivity index (χ2v) is 18.8. The third-order valence-corrected chi connectivity index (χ3v) is 11.7. The molecule has 2 heterocycles. The monoisotopic (exact) mass is 924 g/mol. The molecule has 0 fully saturated rings. The molecule has 0 N–H and O–H groups in total. The van der Waals surface area contributed by atoms with Crippen molar-refractivity contribution in [2.24, 2.45) is 0 Å². The summed E-state index contributed by atoms with van der Waals surface area (Å²) < 4.78 is 0. The van der Waals surface area contributed by atoms with Crippen LogP contribution in [0.2, 0.25) is 0 Å². The van der Waals surface area contributed by atoms with Crippen LogP contribution in [0.15, 0.2) is 97.6 Å². The van der Waals surface area contributed by atoms with Crippen LogP contribution in [-0.4, -0.2) is 40.9 Å². The minimum Gasteiger partial charge on any atom is -1.00 e. The van der Waals surface area contributed by atoms with Crippen LogP contribution in [0.1, 0.15) is 203 Å². The van der Waals surface area contributed by atoms with Crippen molar-refractivity contribution >= 4 is 63.7 Å². The van der Waals surface area contributed by atoms with Crippen LogP contribution in [0, 0.1) is 0 Å². The van der Waals surface area contributed by atoms with Gasteiger partial charge >= 0.3 is 25.8 Å². The average molecular weight is 925 g/mol. The van der Waals surface area contributed by atoms with Crippen molar-refractivity contribution in [1.82, 2.24) is 0 Å². The summed E-state index contributed by atoms with van der Waals surface area (Å²) >= 11 is 0. The fraction of sp³-hybridized carbons (Fsp3) is 0.462. The largest absolute Gasteiger partial charge is 3.00 e. The molecule has 2 aliphatic rings. The van der Waals surface area contributed by atoms with E-state index in [4.69, 9.17) is 0 Å². The van der Waals surface area contributed by atoms with E-state index in [2.05, 4.69) is 243 Å². The molecule has 2 aliphatic heterocycles. The third kappa shape index (κ3) is 11.3. The zero-order chi connectivity index (χ0) is 42.6. The van der Waals surface area contributed by atoms with Gasteiger partial charge in [-0.1, -0.05) is 199 Å². The Morgan fingerprint density at radius 2 is 0.417 bits per heavy atom. The Bertz CT molecular complexity index is 1670. The number of hydrogen-bond donors (Lipinski definition) is 0. The molecule has 0 aromatic heterocycles. The molecule has 0 bridgehead atoms. The van der Waals surface area contributed by atoms with Crippen LogP contribution in [0.25, 0.3) is 0 Å². The third-order valence-electron chi connectivity index (χ3n) is 11.7. The van der Waals surface area contributed by atoms with Gasteiger partial charge in [-0.3, -0.25) is 0 Å². The van der Waals surface area contributed by atoms with Gasteiger partial charge in [0, 0.05) is 22.7 Å². The van der Waals surface area contributed by atoms with Gasteiger partial charge in [0.25, 0.3) is 0 Å². The summed E-state index contributed by atoms with van der Waals surface area (Å²) in [5.41, 5.74) is 16.6. The van der Waals surface area contributed by atoms with E-state index in [1.165, 1.54) is 67.3 Å². The summed E-state index contributed by atoms with van der Waals surface area (Å²) in [6.45, 7) is 36.5. The molecule has 4 radical (unpaired) electrons. The molecule has 0 saturated heterocycles. The standard InChI is InChI=1S/2C26H36BN2.ClH.In/c2*1-17(2)21-11-9-12-22(18(3)4)25(21)28-15-16-29(27-28)26-23(19(5)6)13-10-14-24(26)20(7)8;;/h2*9-20H,1-8H3;1H;/q2*-1;;+3/p-1. The Morgan fingerprint density at radius 3 is 0.533 bits per heavy atom. The summed E-state index contributed by atoms with van der Waals surface area (Å²) in [4.78, 5) is 9.30. The van der Waals surface area contributed by atoms with E-state index >= 15 is 0 Å². The molecule has 0 amide bonds. The van der Waals surface area contributed by atoms with Gasteiger partial charge in [-0.15, -0.1) is 0 Å². The number of benzene rings is 4. The van der Waals surface area contributed by atoms with Crippen LogP contribution >= 0.6 is 0 Å².